The number of ketones is 1. The van der Waals surface area contributed by atoms with Gasteiger partial charge in [-0.05, 0) is 87.7 Å². The number of halogens is 2. The molecule has 11 heteroatoms. The topological polar surface area (TPSA) is 94.2 Å². The maximum Gasteiger partial charge on any atom is 0.452 e. The van der Waals surface area contributed by atoms with E-state index in [0.717, 1.165) is 36.5 Å². The Morgan fingerprint density at radius 2 is 1.17 bits per heavy atom. The molecule has 2 heterocycles. The molecule has 0 radical (unpaired) electrons. The van der Waals surface area contributed by atoms with Gasteiger partial charge in [0, 0.05) is 31.0 Å². The summed E-state index contributed by atoms with van der Waals surface area (Å²) in [5.74, 6) is 1.11. The highest BCUT2D eigenvalue weighted by molar-refractivity contribution is 7.57. The number of carbonyl (C=O) groups is 2. The third kappa shape index (κ3) is 13.5. The van der Waals surface area contributed by atoms with Crippen molar-refractivity contribution in [3.05, 3.63) is 138 Å². The number of hydrogen-bond donors (Lipinski definition) is 1. The van der Waals surface area contributed by atoms with Crippen LogP contribution in [0.15, 0.2) is 127 Å². The molecule has 4 aromatic rings. The van der Waals surface area contributed by atoms with E-state index >= 15 is 0 Å². The number of rotatable bonds is 7. The molecule has 52 heavy (non-hydrogen) atoms. The van der Waals surface area contributed by atoms with Crippen LogP contribution in [0.2, 0.25) is 0 Å². The first-order valence-corrected chi connectivity index (χ1v) is 19.8. The van der Waals surface area contributed by atoms with Crippen LogP contribution in [0.5, 0.6) is 11.5 Å². The minimum absolute atomic E-state index is 0.227. The van der Waals surface area contributed by atoms with E-state index in [1.807, 2.05) is 69.3 Å². The summed E-state index contributed by atoms with van der Waals surface area (Å²) in [7, 11) is -3.71. The van der Waals surface area contributed by atoms with Gasteiger partial charge in [0.1, 0.15) is 22.9 Å². The van der Waals surface area contributed by atoms with Crippen molar-refractivity contribution in [2.24, 2.45) is 0 Å². The van der Waals surface area contributed by atoms with Crippen LogP contribution in [0, 0.1) is 0 Å². The summed E-state index contributed by atoms with van der Waals surface area (Å²) in [5.41, 5.74) is 2.75. The number of piperidine rings is 2. The standard InChI is InChI=1S/C19H16ClO3P.C12H14ClN.C10H17NO3/c20-19(16-10-4-1-5-11-16)24(21,22-17-12-6-2-7-13-17)23-18-14-8-3-9-15-18;13-12(10-4-2-1-3-5-10)11-6-8-14-9-7-11;1-10(2,3)14-9(13)11-6-4-8(12)5-7-11/h1-15,19H;1-5,14H,6-9H2;4-7H2,1-3H3. The highest BCUT2D eigenvalue weighted by Gasteiger charge is 2.39. The van der Waals surface area contributed by atoms with Crippen LogP contribution < -0.4 is 14.4 Å². The van der Waals surface area contributed by atoms with Gasteiger partial charge in [-0.1, -0.05) is 109 Å². The SMILES string of the molecule is CC(C)(C)OC(=O)N1CCC(=O)CC1.ClC(=C1CCNCC1)c1ccccc1.O=P(Oc1ccccc1)(Oc1ccccc1)C(Cl)c1ccccc1. The second-order valence-corrected chi connectivity index (χ2v) is 16.2. The van der Waals surface area contributed by atoms with Gasteiger partial charge in [-0.25, -0.2) is 9.36 Å². The number of ether oxygens (including phenoxy) is 1. The summed E-state index contributed by atoms with van der Waals surface area (Å²) in [6, 6.07) is 37.1. The molecule has 0 saturated carbocycles. The second kappa shape index (κ2) is 20.2. The van der Waals surface area contributed by atoms with Crippen molar-refractivity contribution < 1.29 is 27.9 Å². The fourth-order valence-electron chi connectivity index (χ4n) is 5.16. The van der Waals surface area contributed by atoms with Gasteiger partial charge in [0.15, 0.2) is 5.12 Å². The molecule has 4 aromatic carbocycles. The van der Waals surface area contributed by atoms with E-state index in [-0.39, 0.29) is 11.9 Å². The van der Waals surface area contributed by atoms with Crippen molar-refractivity contribution in [2.75, 3.05) is 26.2 Å². The molecule has 1 atom stereocenters. The third-order valence-electron chi connectivity index (χ3n) is 7.82. The highest BCUT2D eigenvalue weighted by atomic mass is 35.5. The molecule has 0 spiro atoms. The summed E-state index contributed by atoms with van der Waals surface area (Å²) in [5, 5.41) is 3.35. The van der Waals surface area contributed by atoms with Gasteiger partial charge in [0.25, 0.3) is 0 Å². The predicted octanol–water partition coefficient (Wildman–Crippen LogP) is 10.9. The Bertz CT molecular complexity index is 1710. The van der Waals surface area contributed by atoms with Crippen molar-refractivity contribution in [3.8, 4) is 11.5 Å². The molecule has 0 aliphatic carbocycles. The number of nitrogens with one attached hydrogen (secondary N) is 1. The molecule has 0 bridgehead atoms. The summed E-state index contributed by atoms with van der Waals surface area (Å²) in [6.45, 7) is 8.60. The van der Waals surface area contributed by atoms with Gasteiger partial charge in [-0.3, -0.25) is 4.79 Å². The summed E-state index contributed by atoms with van der Waals surface area (Å²) in [6.07, 6.45) is 2.75. The molecule has 6 rings (SSSR count). The normalized spacial score (nSPS) is 15.1. The van der Waals surface area contributed by atoms with Gasteiger partial charge < -0.3 is 24.0 Å². The predicted molar refractivity (Wildman–Crippen MR) is 210 cm³/mol. The quantitative estimate of drug-likeness (QED) is 0.148. The van der Waals surface area contributed by atoms with Crippen molar-refractivity contribution >= 4 is 47.7 Å². The molecule has 2 fully saturated rings. The largest absolute Gasteiger partial charge is 0.452 e. The monoisotopic (exact) mass is 764 g/mol. The van der Waals surface area contributed by atoms with Gasteiger partial charge in [0.2, 0.25) is 0 Å². The molecule has 2 aliphatic heterocycles. The van der Waals surface area contributed by atoms with Crippen LogP contribution in [-0.4, -0.2) is 48.6 Å². The Morgan fingerprint density at radius 1 is 0.731 bits per heavy atom. The molecule has 8 nitrogen and oxygen atoms in total. The average Bonchev–Trinajstić information content (AvgIpc) is 3.16. The molecule has 2 aliphatic rings. The van der Waals surface area contributed by atoms with Gasteiger partial charge in [-0.15, -0.1) is 11.6 Å². The molecule has 0 aromatic heterocycles. The van der Waals surface area contributed by atoms with Crippen molar-refractivity contribution in [3.63, 3.8) is 0 Å². The summed E-state index contributed by atoms with van der Waals surface area (Å²) in [4.78, 5) is 24.0. The number of benzene rings is 4. The van der Waals surface area contributed by atoms with Gasteiger partial charge in [-0.2, -0.15) is 0 Å². The number of likely N-dealkylation sites (tertiary alicyclic amines) is 1. The maximum absolute atomic E-state index is 13.5. The molecule has 1 N–H and O–H groups in total. The van der Waals surface area contributed by atoms with Crippen LogP contribution in [0.1, 0.15) is 62.7 Å². The van der Waals surface area contributed by atoms with Crippen molar-refractivity contribution in [1.29, 1.82) is 0 Å². The minimum Gasteiger partial charge on any atom is -0.444 e. The molecule has 2 saturated heterocycles. The zero-order chi connectivity index (χ0) is 37.4. The maximum atomic E-state index is 13.5. The van der Waals surface area contributed by atoms with Crippen LogP contribution >= 0.6 is 30.8 Å². The summed E-state index contributed by atoms with van der Waals surface area (Å²) >= 11 is 12.8. The molecule has 276 valence electrons. The van der Waals surface area contributed by atoms with E-state index in [2.05, 4.69) is 17.4 Å². The van der Waals surface area contributed by atoms with Crippen LogP contribution in [-0.2, 0) is 14.1 Å². The Balaban J connectivity index is 0.000000186. The fourth-order valence-corrected chi connectivity index (χ4v) is 7.45. The number of hydrogen-bond acceptors (Lipinski definition) is 7. The summed E-state index contributed by atoms with van der Waals surface area (Å²) < 4.78 is 30.1. The Kier molecular flexibility index (Phi) is 15.8. The highest BCUT2D eigenvalue weighted by Crippen LogP contribution is 2.62. The average molecular weight is 766 g/mol. The van der Waals surface area contributed by atoms with E-state index in [1.165, 1.54) is 5.57 Å². The van der Waals surface area contributed by atoms with E-state index in [4.69, 9.17) is 37.0 Å². The smallest absolute Gasteiger partial charge is 0.444 e. The van der Waals surface area contributed by atoms with E-state index in [9.17, 15) is 14.2 Å². The Morgan fingerprint density at radius 3 is 1.63 bits per heavy atom. The van der Waals surface area contributed by atoms with Crippen LogP contribution in [0.3, 0.4) is 0 Å². The first-order chi connectivity index (χ1) is 24.9. The molecular weight excluding hydrogens is 718 g/mol. The number of nitrogens with zero attached hydrogens (tertiary/aromatic N) is 1. The lowest BCUT2D eigenvalue weighted by atomic mass is 10.0. The van der Waals surface area contributed by atoms with Crippen LogP contribution in [0.25, 0.3) is 5.03 Å². The van der Waals surface area contributed by atoms with Gasteiger partial charge in [0.05, 0.1) is 0 Å². The first-order valence-electron chi connectivity index (χ1n) is 17.3. The first kappa shape index (κ1) is 40.7. The number of para-hydroxylation sites is 2. The lowest BCUT2D eigenvalue weighted by Crippen LogP contribution is -2.41. The zero-order valence-corrected chi connectivity index (χ0v) is 32.3. The number of Topliss-reactive ketones (excluding diaryl/α,β-unsaturated/α-hetero) is 1. The minimum atomic E-state index is -3.71. The Labute approximate surface area is 317 Å². The fraction of sp³-hybridized carbons (Fsp3) is 0.317. The number of alkyl halides is 1. The number of amides is 1. The van der Waals surface area contributed by atoms with E-state index in [0.29, 0.717) is 43.0 Å². The number of carbonyl (C=O) groups excluding carboxylic acids is 2. The molecular formula is C41H47Cl2N2O6P. The second-order valence-electron chi connectivity index (χ2n) is 13.1. The molecule has 1 unspecified atom stereocenters. The molecule has 1 amide bonds. The van der Waals surface area contributed by atoms with Gasteiger partial charge >= 0.3 is 13.7 Å². The van der Waals surface area contributed by atoms with Crippen molar-refractivity contribution in [1.82, 2.24) is 10.2 Å². The zero-order valence-electron chi connectivity index (χ0n) is 29.9. The van der Waals surface area contributed by atoms with Crippen LogP contribution in [0.4, 0.5) is 4.79 Å². The Hall–Kier alpha value is -4.07. The van der Waals surface area contributed by atoms with Crippen molar-refractivity contribution in [2.45, 2.75) is 57.2 Å². The third-order valence-corrected chi connectivity index (χ3v) is 11.1. The lowest BCUT2D eigenvalue weighted by Gasteiger charge is -2.29. The van der Waals surface area contributed by atoms with E-state index < -0.39 is 18.3 Å². The van der Waals surface area contributed by atoms with E-state index in [1.54, 1.807) is 65.6 Å². The lowest BCUT2D eigenvalue weighted by molar-refractivity contribution is -0.121.